The van der Waals surface area contributed by atoms with Gasteiger partial charge in [-0.3, -0.25) is 14.9 Å². The van der Waals surface area contributed by atoms with E-state index in [1.807, 2.05) is 13.8 Å². The third kappa shape index (κ3) is 4.90. The van der Waals surface area contributed by atoms with E-state index in [4.69, 9.17) is 5.73 Å². The molecule has 0 aliphatic heterocycles. The number of hydrogen-bond acceptors (Lipinski definition) is 3. The first-order valence-corrected chi connectivity index (χ1v) is 8.32. The van der Waals surface area contributed by atoms with Crippen LogP contribution in [0.15, 0.2) is 42.5 Å². The minimum absolute atomic E-state index is 0.0536. The SMILES string of the molecule is Cc1ccc(C)c(C(C)NC(C)C(=O)Nc2ccc(C(N)=O)cc2)c1. The summed E-state index contributed by atoms with van der Waals surface area (Å²) in [5.41, 5.74) is 9.82. The van der Waals surface area contributed by atoms with Crippen LogP contribution in [0.2, 0.25) is 0 Å². The zero-order valence-corrected chi connectivity index (χ0v) is 15.1. The van der Waals surface area contributed by atoms with Crippen LogP contribution in [-0.2, 0) is 4.79 Å². The minimum atomic E-state index is -0.490. The number of rotatable bonds is 6. The summed E-state index contributed by atoms with van der Waals surface area (Å²) >= 11 is 0. The molecule has 0 saturated carbocycles. The van der Waals surface area contributed by atoms with Crippen LogP contribution in [0, 0.1) is 13.8 Å². The molecule has 0 saturated heterocycles. The lowest BCUT2D eigenvalue weighted by Gasteiger charge is -2.22. The first-order valence-electron chi connectivity index (χ1n) is 8.32. The molecule has 2 rings (SSSR count). The minimum Gasteiger partial charge on any atom is -0.366 e. The molecule has 4 N–H and O–H groups in total. The summed E-state index contributed by atoms with van der Waals surface area (Å²) in [6.07, 6.45) is 0. The van der Waals surface area contributed by atoms with E-state index >= 15 is 0 Å². The van der Waals surface area contributed by atoms with Crippen LogP contribution >= 0.6 is 0 Å². The molecule has 2 amide bonds. The normalized spacial score (nSPS) is 13.1. The molecule has 0 aliphatic rings. The molecule has 5 heteroatoms. The Kier molecular flexibility index (Phi) is 5.93. The van der Waals surface area contributed by atoms with E-state index in [0.29, 0.717) is 11.3 Å². The van der Waals surface area contributed by atoms with E-state index in [9.17, 15) is 9.59 Å². The summed E-state index contributed by atoms with van der Waals surface area (Å²) in [6, 6.07) is 12.5. The third-order valence-electron chi connectivity index (χ3n) is 4.23. The molecule has 0 radical (unpaired) electrons. The van der Waals surface area contributed by atoms with Crippen molar-refractivity contribution in [2.24, 2.45) is 5.73 Å². The van der Waals surface area contributed by atoms with Gasteiger partial charge in [0.05, 0.1) is 6.04 Å². The average Bonchev–Trinajstić information content (AvgIpc) is 2.57. The number of amides is 2. The van der Waals surface area contributed by atoms with Gasteiger partial charge in [-0.2, -0.15) is 0 Å². The van der Waals surface area contributed by atoms with E-state index in [1.54, 1.807) is 24.3 Å². The van der Waals surface area contributed by atoms with Crippen molar-refractivity contribution in [3.05, 3.63) is 64.7 Å². The smallest absolute Gasteiger partial charge is 0.248 e. The number of benzene rings is 2. The second-order valence-corrected chi connectivity index (χ2v) is 6.40. The highest BCUT2D eigenvalue weighted by atomic mass is 16.2. The van der Waals surface area contributed by atoms with Gasteiger partial charge in [-0.15, -0.1) is 0 Å². The Balaban J connectivity index is 1.99. The van der Waals surface area contributed by atoms with Crippen LogP contribution in [0.4, 0.5) is 5.69 Å². The van der Waals surface area contributed by atoms with Gasteiger partial charge in [0.1, 0.15) is 0 Å². The van der Waals surface area contributed by atoms with E-state index in [2.05, 4.69) is 42.7 Å². The lowest BCUT2D eigenvalue weighted by Crippen LogP contribution is -2.39. The molecular formula is C20H25N3O2. The summed E-state index contributed by atoms with van der Waals surface area (Å²) in [7, 11) is 0. The molecule has 0 heterocycles. The summed E-state index contributed by atoms with van der Waals surface area (Å²) in [6.45, 7) is 8.00. The predicted molar refractivity (Wildman–Crippen MR) is 101 cm³/mol. The summed E-state index contributed by atoms with van der Waals surface area (Å²) in [4.78, 5) is 23.5. The van der Waals surface area contributed by atoms with Gasteiger partial charge in [0, 0.05) is 17.3 Å². The maximum Gasteiger partial charge on any atom is 0.248 e. The lowest BCUT2D eigenvalue weighted by atomic mass is 9.99. The van der Waals surface area contributed by atoms with Gasteiger partial charge in [-0.25, -0.2) is 0 Å². The first kappa shape index (κ1) is 18.7. The Hall–Kier alpha value is -2.66. The van der Waals surface area contributed by atoms with Crippen molar-refractivity contribution in [2.45, 2.75) is 39.8 Å². The molecule has 2 aromatic rings. The number of primary amides is 1. The van der Waals surface area contributed by atoms with Crippen LogP contribution in [-0.4, -0.2) is 17.9 Å². The maximum absolute atomic E-state index is 12.4. The maximum atomic E-state index is 12.4. The van der Waals surface area contributed by atoms with E-state index in [0.717, 1.165) is 0 Å². The van der Waals surface area contributed by atoms with Crippen molar-refractivity contribution in [1.29, 1.82) is 0 Å². The molecule has 2 unspecified atom stereocenters. The van der Waals surface area contributed by atoms with E-state index in [1.165, 1.54) is 16.7 Å². The fourth-order valence-corrected chi connectivity index (χ4v) is 2.74. The zero-order chi connectivity index (χ0) is 18.6. The standard InChI is InChI=1S/C20H25N3O2/c1-12-5-6-13(2)18(11-12)14(3)22-15(4)20(25)23-17-9-7-16(8-10-17)19(21)24/h5-11,14-15,22H,1-4H3,(H2,21,24)(H,23,25). The molecule has 0 spiro atoms. The largest absolute Gasteiger partial charge is 0.366 e. The first-order chi connectivity index (χ1) is 11.8. The third-order valence-corrected chi connectivity index (χ3v) is 4.23. The quantitative estimate of drug-likeness (QED) is 0.756. The Labute approximate surface area is 148 Å². The predicted octanol–water partition coefficient (Wildman–Crippen LogP) is 3.08. The fourth-order valence-electron chi connectivity index (χ4n) is 2.74. The molecule has 0 fully saturated rings. The summed E-state index contributed by atoms with van der Waals surface area (Å²) < 4.78 is 0. The van der Waals surface area contributed by atoms with Crippen molar-refractivity contribution in [2.75, 3.05) is 5.32 Å². The molecule has 0 aliphatic carbocycles. The van der Waals surface area contributed by atoms with Gasteiger partial charge >= 0.3 is 0 Å². The zero-order valence-electron chi connectivity index (χ0n) is 15.1. The van der Waals surface area contributed by atoms with Gasteiger partial charge in [0.25, 0.3) is 0 Å². The van der Waals surface area contributed by atoms with Crippen molar-refractivity contribution >= 4 is 17.5 Å². The molecule has 132 valence electrons. The summed E-state index contributed by atoms with van der Waals surface area (Å²) in [5, 5.41) is 6.16. The van der Waals surface area contributed by atoms with Crippen molar-refractivity contribution in [3.8, 4) is 0 Å². The molecule has 0 bridgehead atoms. The average molecular weight is 339 g/mol. The molecule has 0 aromatic heterocycles. The monoisotopic (exact) mass is 339 g/mol. The van der Waals surface area contributed by atoms with Crippen LogP contribution in [0.25, 0.3) is 0 Å². The molecule has 2 aromatic carbocycles. The van der Waals surface area contributed by atoms with Gasteiger partial charge in [-0.1, -0.05) is 23.8 Å². The van der Waals surface area contributed by atoms with Gasteiger partial charge in [-0.05, 0) is 63.1 Å². The Morgan fingerprint density at radius 3 is 2.24 bits per heavy atom. The topological polar surface area (TPSA) is 84.2 Å². The number of anilines is 1. The van der Waals surface area contributed by atoms with Crippen LogP contribution in [0.3, 0.4) is 0 Å². The molecule has 25 heavy (non-hydrogen) atoms. The van der Waals surface area contributed by atoms with Crippen molar-refractivity contribution in [3.63, 3.8) is 0 Å². The number of nitrogens with one attached hydrogen (secondary N) is 2. The Morgan fingerprint density at radius 2 is 1.64 bits per heavy atom. The second kappa shape index (κ2) is 7.94. The molecule has 5 nitrogen and oxygen atoms in total. The van der Waals surface area contributed by atoms with Crippen LogP contribution in [0.1, 0.15) is 46.9 Å². The molecule has 2 atom stereocenters. The number of hydrogen-bond donors (Lipinski definition) is 3. The lowest BCUT2D eigenvalue weighted by molar-refractivity contribution is -0.117. The number of nitrogens with two attached hydrogens (primary N) is 1. The van der Waals surface area contributed by atoms with E-state index in [-0.39, 0.29) is 18.0 Å². The van der Waals surface area contributed by atoms with Crippen LogP contribution in [0.5, 0.6) is 0 Å². The number of carbonyl (C=O) groups is 2. The van der Waals surface area contributed by atoms with Gasteiger partial charge < -0.3 is 11.1 Å². The molecular weight excluding hydrogens is 314 g/mol. The van der Waals surface area contributed by atoms with Gasteiger partial charge in [0.15, 0.2) is 0 Å². The van der Waals surface area contributed by atoms with Crippen molar-refractivity contribution in [1.82, 2.24) is 5.32 Å². The highest BCUT2D eigenvalue weighted by Crippen LogP contribution is 2.19. The highest BCUT2D eigenvalue weighted by Gasteiger charge is 2.17. The van der Waals surface area contributed by atoms with Gasteiger partial charge in [0.2, 0.25) is 11.8 Å². The van der Waals surface area contributed by atoms with Crippen LogP contribution < -0.4 is 16.4 Å². The highest BCUT2D eigenvalue weighted by molar-refractivity contribution is 5.96. The number of aryl methyl sites for hydroxylation is 2. The van der Waals surface area contributed by atoms with E-state index < -0.39 is 5.91 Å². The fraction of sp³-hybridized carbons (Fsp3) is 0.300. The second-order valence-electron chi connectivity index (χ2n) is 6.40. The number of carbonyl (C=O) groups excluding carboxylic acids is 2. The van der Waals surface area contributed by atoms with Crippen molar-refractivity contribution < 1.29 is 9.59 Å². The Morgan fingerprint density at radius 1 is 1.00 bits per heavy atom. The Bertz CT molecular complexity index is 769. The summed E-state index contributed by atoms with van der Waals surface area (Å²) in [5.74, 6) is -0.626.